The van der Waals surface area contributed by atoms with Crippen molar-refractivity contribution in [3.05, 3.63) is 85.2 Å². The summed E-state index contributed by atoms with van der Waals surface area (Å²) in [6.45, 7) is 0. The van der Waals surface area contributed by atoms with E-state index in [2.05, 4.69) is 15.7 Å². The molecule has 0 aliphatic heterocycles. The molecule has 10 heteroatoms. The lowest BCUT2D eigenvalue weighted by Crippen LogP contribution is -2.25. The summed E-state index contributed by atoms with van der Waals surface area (Å²) in [4.78, 5) is 12.1. The topological polar surface area (TPSA) is 96.3 Å². The molecule has 4 rings (SSSR count). The summed E-state index contributed by atoms with van der Waals surface area (Å²) in [6, 6.07) is 20.3. The Labute approximate surface area is 183 Å². The van der Waals surface area contributed by atoms with Gasteiger partial charge in [-0.1, -0.05) is 18.2 Å². The van der Waals surface area contributed by atoms with E-state index in [-0.39, 0.29) is 10.2 Å². The van der Waals surface area contributed by atoms with Crippen molar-refractivity contribution >= 4 is 44.5 Å². The molecule has 2 aromatic heterocycles. The molecule has 0 atom stereocenters. The summed E-state index contributed by atoms with van der Waals surface area (Å²) in [5, 5.41) is 10.3. The van der Waals surface area contributed by atoms with Gasteiger partial charge in [0.25, 0.3) is 10.0 Å². The van der Waals surface area contributed by atoms with Crippen LogP contribution >= 0.6 is 11.3 Å². The van der Waals surface area contributed by atoms with Gasteiger partial charge in [-0.25, -0.2) is 17.9 Å². The Hall–Kier alpha value is -3.63. The van der Waals surface area contributed by atoms with Gasteiger partial charge in [-0.05, 0) is 54.6 Å². The minimum atomic E-state index is -3.73. The van der Waals surface area contributed by atoms with Crippen molar-refractivity contribution < 1.29 is 13.2 Å². The molecule has 0 radical (unpaired) electrons. The zero-order chi connectivity index (χ0) is 21.8. The number of nitrogens with zero attached hydrogens (tertiary/aromatic N) is 3. The van der Waals surface area contributed by atoms with Crippen LogP contribution in [0.25, 0.3) is 5.00 Å². The van der Waals surface area contributed by atoms with Gasteiger partial charge in [-0.3, -0.25) is 4.31 Å². The van der Waals surface area contributed by atoms with Crippen molar-refractivity contribution in [1.29, 1.82) is 0 Å². The Morgan fingerprint density at radius 1 is 0.935 bits per heavy atom. The predicted octanol–water partition coefficient (Wildman–Crippen LogP) is 4.40. The molecule has 4 aromatic rings. The van der Waals surface area contributed by atoms with Crippen LogP contribution in [0.15, 0.2) is 89.4 Å². The molecule has 8 nitrogen and oxygen atoms in total. The van der Waals surface area contributed by atoms with Crippen LogP contribution in [0.4, 0.5) is 21.9 Å². The quantitative estimate of drug-likeness (QED) is 0.452. The number of benzene rings is 2. The van der Waals surface area contributed by atoms with Crippen molar-refractivity contribution in [2.45, 2.75) is 4.21 Å². The number of thiophene rings is 1. The van der Waals surface area contributed by atoms with Gasteiger partial charge in [0.15, 0.2) is 0 Å². The van der Waals surface area contributed by atoms with Crippen LogP contribution in [0.2, 0.25) is 0 Å². The van der Waals surface area contributed by atoms with Crippen molar-refractivity contribution in [1.82, 2.24) is 9.78 Å². The van der Waals surface area contributed by atoms with Crippen molar-refractivity contribution in [3.63, 3.8) is 0 Å². The third kappa shape index (κ3) is 4.60. The highest BCUT2D eigenvalue weighted by molar-refractivity contribution is 7.94. The van der Waals surface area contributed by atoms with Crippen LogP contribution in [0, 0.1) is 0 Å². The van der Waals surface area contributed by atoms with Gasteiger partial charge in [-0.15, -0.1) is 11.3 Å². The molecule has 0 unspecified atom stereocenters. The molecule has 0 aliphatic rings. The first kappa shape index (κ1) is 20.6. The maximum Gasteiger partial charge on any atom is 0.323 e. The lowest BCUT2D eigenvalue weighted by Gasteiger charge is -2.19. The molecule has 0 fully saturated rings. The van der Waals surface area contributed by atoms with Gasteiger partial charge in [0.1, 0.15) is 9.21 Å². The fourth-order valence-corrected chi connectivity index (χ4v) is 5.42. The van der Waals surface area contributed by atoms with Crippen LogP contribution in [-0.2, 0) is 10.0 Å². The SMILES string of the molecule is CN(c1ccc(NC(=O)Nc2ccccc2)cc1)S(=O)(=O)c1ccc(-n2cccn2)s1. The van der Waals surface area contributed by atoms with Gasteiger partial charge in [-0.2, -0.15) is 5.10 Å². The first-order valence-electron chi connectivity index (χ1n) is 9.25. The van der Waals surface area contributed by atoms with E-state index >= 15 is 0 Å². The molecule has 158 valence electrons. The van der Waals surface area contributed by atoms with Crippen molar-refractivity contribution in [2.24, 2.45) is 0 Å². The van der Waals surface area contributed by atoms with Crippen molar-refractivity contribution in [2.75, 3.05) is 22.0 Å². The monoisotopic (exact) mass is 453 g/mol. The highest BCUT2D eigenvalue weighted by Gasteiger charge is 2.24. The number of rotatable bonds is 6. The second-order valence-electron chi connectivity index (χ2n) is 6.51. The summed E-state index contributed by atoms with van der Waals surface area (Å²) >= 11 is 1.14. The van der Waals surface area contributed by atoms with Gasteiger partial charge in [0, 0.05) is 30.8 Å². The molecule has 2 heterocycles. The van der Waals surface area contributed by atoms with Crippen LogP contribution < -0.4 is 14.9 Å². The van der Waals surface area contributed by atoms with E-state index in [9.17, 15) is 13.2 Å². The number of aromatic nitrogens is 2. The average molecular weight is 454 g/mol. The number of anilines is 3. The standard InChI is InChI=1S/C21H19N5O3S2/c1-25(31(28,29)20-13-12-19(30-20)26-15-5-14-22-26)18-10-8-17(9-11-18)24-21(27)23-16-6-3-2-4-7-16/h2-15H,1H3,(H2,23,24,27). The highest BCUT2D eigenvalue weighted by Crippen LogP contribution is 2.29. The normalized spacial score (nSPS) is 11.1. The summed E-state index contributed by atoms with van der Waals surface area (Å²) in [5.74, 6) is 0. The van der Waals surface area contributed by atoms with E-state index in [1.807, 2.05) is 18.2 Å². The minimum absolute atomic E-state index is 0.213. The van der Waals surface area contributed by atoms with Gasteiger partial charge in [0.2, 0.25) is 0 Å². The summed E-state index contributed by atoms with van der Waals surface area (Å²) in [6.07, 6.45) is 3.39. The highest BCUT2D eigenvalue weighted by atomic mass is 32.2. The fraction of sp³-hybridized carbons (Fsp3) is 0.0476. The number of carbonyl (C=O) groups is 1. The van der Waals surface area contributed by atoms with Crippen LogP contribution in [-0.4, -0.2) is 31.3 Å². The zero-order valence-electron chi connectivity index (χ0n) is 16.5. The Kier molecular flexibility index (Phi) is 5.74. The van der Waals surface area contributed by atoms with E-state index in [4.69, 9.17) is 0 Å². The van der Waals surface area contributed by atoms with E-state index in [0.717, 1.165) is 11.3 Å². The van der Waals surface area contributed by atoms with Gasteiger partial charge >= 0.3 is 6.03 Å². The van der Waals surface area contributed by atoms with E-state index in [1.165, 1.54) is 11.4 Å². The Morgan fingerprint density at radius 2 is 1.61 bits per heavy atom. The van der Waals surface area contributed by atoms with Crippen LogP contribution in [0.3, 0.4) is 0 Å². The van der Waals surface area contributed by atoms with Crippen LogP contribution in [0.5, 0.6) is 0 Å². The molecule has 2 amide bonds. The number of nitrogens with one attached hydrogen (secondary N) is 2. The molecule has 0 spiro atoms. The summed E-state index contributed by atoms with van der Waals surface area (Å²) < 4.78 is 29.1. The fourth-order valence-electron chi connectivity index (χ4n) is 2.81. The molecular formula is C21H19N5O3S2. The first-order valence-corrected chi connectivity index (χ1v) is 11.5. The van der Waals surface area contributed by atoms with Crippen molar-refractivity contribution in [3.8, 4) is 5.00 Å². The second-order valence-corrected chi connectivity index (χ2v) is 9.77. The molecular weight excluding hydrogens is 434 g/mol. The number of hydrogen-bond acceptors (Lipinski definition) is 5. The van der Waals surface area contributed by atoms with E-state index in [0.29, 0.717) is 22.1 Å². The summed E-state index contributed by atoms with van der Waals surface area (Å²) in [5.41, 5.74) is 1.69. The van der Waals surface area contributed by atoms with E-state index in [1.54, 1.807) is 71.7 Å². The zero-order valence-corrected chi connectivity index (χ0v) is 18.1. The predicted molar refractivity (Wildman–Crippen MR) is 123 cm³/mol. The summed E-state index contributed by atoms with van der Waals surface area (Å²) in [7, 11) is -2.23. The molecule has 0 saturated heterocycles. The smallest absolute Gasteiger partial charge is 0.308 e. The van der Waals surface area contributed by atoms with Gasteiger partial charge < -0.3 is 10.6 Å². The maximum absolute atomic E-state index is 13.0. The maximum atomic E-state index is 13.0. The third-order valence-electron chi connectivity index (χ3n) is 4.43. The molecule has 2 aromatic carbocycles. The molecule has 31 heavy (non-hydrogen) atoms. The lowest BCUT2D eigenvalue weighted by molar-refractivity contribution is 0.262. The largest absolute Gasteiger partial charge is 0.323 e. The molecule has 2 N–H and O–H groups in total. The number of sulfonamides is 1. The number of para-hydroxylation sites is 1. The minimum Gasteiger partial charge on any atom is -0.308 e. The Morgan fingerprint density at radius 3 is 2.26 bits per heavy atom. The Balaban J connectivity index is 1.45. The number of hydrogen-bond donors (Lipinski definition) is 2. The van der Waals surface area contributed by atoms with E-state index < -0.39 is 10.0 Å². The number of urea groups is 1. The number of carbonyl (C=O) groups excluding carboxylic acids is 1. The molecule has 0 bridgehead atoms. The second kappa shape index (κ2) is 8.62. The first-order chi connectivity index (χ1) is 14.9. The van der Waals surface area contributed by atoms with Crippen LogP contribution in [0.1, 0.15) is 0 Å². The molecule has 0 aliphatic carbocycles. The third-order valence-corrected chi connectivity index (χ3v) is 7.76. The average Bonchev–Trinajstić information content (AvgIpc) is 3.46. The van der Waals surface area contributed by atoms with Gasteiger partial charge in [0.05, 0.1) is 5.69 Å². The Bertz CT molecular complexity index is 1270. The number of amides is 2. The molecule has 0 saturated carbocycles. The lowest BCUT2D eigenvalue weighted by atomic mass is 10.3.